The van der Waals surface area contributed by atoms with Gasteiger partial charge in [0, 0.05) is 71.5 Å². The number of halogens is 2. The van der Waals surface area contributed by atoms with Crippen molar-refractivity contribution in [3.05, 3.63) is 71.6 Å². The third-order valence-corrected chi connectivity index (χ3v) is 6.94. The lowest BCUT2D eigenvalue weighted by Crippen LogP contribution is -2.41. The second-order valence-electron chi connectivity index (χ2n) is 9.35. The van der Waals surface area contributed by atoms with Crippen LogP contribution in [0.4, 0.5) is 8.78 Å². The number of fused-ring (bicyclic) bond motifs is 2. The Morgan fingerprint density at radius 1 is 0.919 bits per heavy atom. The Morgan fingerprint density at radius 2 is 1.59 bits per heavy atom. The van der Waals surface area contributed by atoms with Crippen LogP contribution in [-0.4, -0.2) is 70.3 Å². The van der Waals surface area contributed by atoms with Crippen molar-refractivity contribution < 1.29 is 28.2 Å². The number of H-pyrrole nitrogens is 1. The third kappa shape index (κ3) is 4.22. The maximum Gasteiger partial charge on any atom is 0.259 e. The molecule has 2 aliphatic rings. The highest BCUT2D eigenvalue weighted by molar-refractivity contribution is 6.50. The molecular weight excluding hydrogens is 482 g/mol. The molecule has 4 aromatic rings. The van der Waals surface area contributed by atoms with Gasteiger partial charge in [0.25, 0.3) is 11.8 Å². The Hall–Kier alpha value is -3.86. The molecule has 0 saturated carbocycles. The molecule has 3 N–H and O–H groups in total. The Labute approximate surface area is 210 Å². The largest absolute Gasteiger partial charge is 0.390 e. The van der Waals surface area contributed by atoms with Gasteiger partial charge in [-0.1, -0.05) is 0 Å². The topological polar surface area (TPSA) is 99.6 Å². The van der Waals surface area contributed by atoms with E-state index in [9.17, 15) is 23.5 Å². The van der Waals surface area contributed by atoms with Crippen LogP contribution in [0.2, 0.25) is 0 Å². The number of imide groups is 1. The number of nitrogens with zero attached hydrogens (tertiary/aromatic N) is 2. The van der Waals surface area contributed by atoms with Crippen molar-refractivity contribution in [2.24, 2.45) is 0 Å². The number of hydrogen-bond acceptors (Lipinski definition) is 5. The van der Waals surface area contributed by atoms with E-state index >= 15 is 0 Å². The molecule has 0 spiro atoms. The zero-order chi connectivity index (χ0) is 25.7. The highest BCUT2D eigenvalue weighted by Gasteiger charge is 2.35. The summed E-state index contributed by atoms with van der Waals surface area (Å²) in [6.45, 7) is 3.32. The molecule has 190 valence electrons. The van der Waals surface area contributed by atoms with Crippen LogP contribution in [0.25, 0.3) is 33.0 Å². The first-order chi connectivity index (χ1) is 17.9. The number of rotatable bonds is 6. The fraction of sp³-hybridized carbons (Fsp3) is 0.259. The van der Waals surface area contributed by atoms with E-state index in [2.05, 4.69) is 15.2 Å². The van der Waals surface area contributed by atoms with Crippen molar-refractivity contribution >= 4 is 44.8 Å². The van der Waals surface area contributed by atoms with Crippen molar-refractivity contribution in [3.8, 4) is 0 Å². The minimum atomic E-state index is -0.726. The van der Waals surface area contributed by atoms with E-state index in [1.165, 1.54) is 24.3 Å². The molecule has 2 aliphatic heterocycles. The van der Waals surface area contributed by atoms with Crippen LogP contribution in [0.3, 0.4) is 0 Å². The van der Waals surface area contributed by atoms with E-state index in [-0.39, 0.29) is 17.7 Å². The quantitative estimate of drug-likeness (QED) is 0.349. The Bertz CT molecular complexity index is 1580. The molecule has 1 fully saturated rings. The number of nitrogens with one attached hydrogen (secondary N) is 2. The van der Waals surface area contributed by atoms with Crippen LogP contribution >= 0.6 is 0 Å². The number of aromatic amines is 1. The molecule has 2 aromatic carbocycles. The van der Waals surface area contributed by atoms with Crippen molar-refractivity contribution in [3.63, 3.8) is 0 Å². The molecule has 1 unspecified atom stereocenters. The zero-order valence-corrected chi connectivity index (χ0v) is 19.8. The van der Waals surface area contributed by atoms with E-state index < -0.39 is 29.6 Å². The molecule has 0 aliphatic carbocycles. The van der Waals surface area contributed by atoms with Crippen LogP contribution in [0.1, 0.15) is 11.1 Å². The average Bonchev–Trinajstić information content (AvgIpc) is 3.51. The molecule has 2 aromatic heterocycles. The SMILES string of the molecule is O=C1NC(=O)C(c2cn(CC(O)CN3CCOCC3)c3ccc(F)cc23)=C1c1c[nH]c2ccc(F)cc12. The summed E-state index contributed by atoms with van der Waals surface area (Å²) in [5.74, 6) is -2.22. The molecule has 0 radical (unpaired) electrons. The van der Waals surface area contributed by atoms with Crippen LogP contribution in [-0.2, 0) is 20.9 Å². The first-order valence-corrected chi connectivity index (χ1v) is 12.0. The smallest absolute Gasteiger partial charge is 0.259 e. The predicted molar refractivity (Wildman–Crippen MR) is 133 cm³/mol. The summed E-state index contributed by atoms with van der Waals surface area (Å²) in [6.07, 6.45) is 2.50. The molecule has 1 atom stereocenters. The van der Waals surface area contributed by atoms with E-state index in [4.69, 9.17) is 4.74 Å². The van der Waals surface area contributed by atoms with Gasteiger partial charge < -0.3 is 19.4 Å². The van der Waals surface area contributed by atoms with Gasteiger partial charge in [0.2, 0.25) is 0 Å². The predicted octanol–water partition coefficient (Wildman–Crippen LogP) is 2.66. The van der Waals surface area contributed by atoms with Gasteiger partial charge in [0.05, 0.1) is 30.5 Å². The Balaban J connectivity index is 1.47. The molecule has 10 heteroatoms. The standard InChI is InChI=1S/C27H24F2N4O4/c28-15-1-3-22-18(9-15)20(11-30-22)24-25(27(36)31-26(24)35)21-14-33(23-4-2-16(29)10-19(21)23)13-17(34)12-32-5-7-37-8-6-32/h1-4,9-11,14,17,30,34H,5-8,12-13H2,(H,31,35,36). The number of ether oxygens (including phenoxy) is 1. The van der Waals surface area contributed by atoms with Crippen molar-refractivity contribution in [2.75, 3.05) is 32.8 Å². The van der Waals surface area contributed by atoms with Crippen LogP contribution in [0, 0.1) is 11.6 Å². The van der Waals surface area contributed by atoms with Gasteiger partial charge in [-0.05, 0) is 36.4 Å². The van der Waals surface area contributed by atoms with E-state index in [0.717, 1.165) is 13.1 Å². The van der Waals surface area contributed by atoms with E-state index in [0.29, 0.717) is 52.7 Å². The third-order valence-electron chi connectivity index (χ3n) is 6.94. The number of carbonyl (C=O) groups excluding carboxylic acids is 2. The second-order valence-corrected chi connectivity index (χ2v) is 9.35. The fourth-order valence-corrected chi connectivity index (χ4v) is 5.26. The summed E-state index contributed by atoms with van der Waals surface area (Å²) >= 11 is 0. The second kappa shape index (κ2) is 9.22. The number of aliphatic hydroxyl groups excluding tert-OH is 1. The number of β-amino-alcohol motifs (C(OH)–C–C–N with tert-alkyl or cyclic N) is 1. The first-order valence-electron chi connectivity index (χ1n) is 12.0. The summed E-state index contributed by atoms with van der Waals surface area (Å²) in [5.41, 5.74) is 2.11. The lowest BCUT2D eigenvalue weighted by molar-refractivity contribution is -0.122. The van der Waals surface area contributed by atoms with Gasteiger partial charge in [-0.2, -0.15) is 0 Å². The maximum atomic E-state index is 14.4. The van der Waals surface area contributed by atoms with Gasteiger partial charge >= 0.3 is 0 Å². The molecule has 2 amide bonds. The molecule has 4 heterocycles. The fourth-order valence-electron chi connectivity index (χ4n) is 5.26. The van der Waals surface area contributed by atoms with E-state index in [1.54, 1.807) is 29.1 Å². The molecule has 1 saturated heterocycles. The van der Waals surface area contributed by atoms with Crippen molar-refractivity contribution in [1.82, 2.24) is 19.8 Å². The minimum absolute atomic E-state index is 0.0761. The van der Waals surface area contributed by atoms with E-state index in [1.807, 2.05) is 0 Å². The van der Waals surface area contributed by atoms with Crippen molar-refractivity contribution in [2.45, 2.75) is 12.6 Å². The lowest BCUT2D eigenvalue weighted by Gasteiger charge is -2.28. The van der Waals surface area contributed by atoms with Gasteiger partial charge in [0.15, 0.2) is 0 Å². The van der Waals surface area contributed by atoms with Crippen molar-refractivity contribution in [1.29, 1.82) is 0 Å². The number of hydrogen-bond donors (Lipinski definition) is 3. The summed E-state index contributed by atoms with van der Waals surface area (Å²) < 4.78 is 35.6. The van der Waals surface area contributed by atoms with Gasteiger partial charge in [-0.15, -0.1) is 0 Å². The number of benzene rings is 2. The number of carbonyl (C=O) groups is 2. The molecule has 8 nitrogen and oxygen atoms in total. The summed E-state index contributed by atoms with van der Waals surface area (Å²) in [6, 6.07) is 8.37. The van der Waals surface area contributed by atoms with Gasteiger partial charge in [0.1, 0.15) is 11.6 Å². The van der Waals surface area contributed by atoms with Crippen LogP contribution in [0.5, 0.6) is 0 Å². The Kier molecular flexibility index (Phi) is 5.86. The number of morpholine rings is 1. The summed E-state index contributed by atoms with van der Waals surface area (Å²) in [5, 5.41) is 14.0. The summed E-state index contributed by atoms with van der Waals surface area (Å²) in [4.78, 5) is 31.2. The molecule has 0 bridgehead atoms. The molecule has 37 heavy (non-hydrogen) atoms. The number of aliphatic hydroxyl groups is 1. The molecular formula is C27H24F2N4O4. The zero-order valence-electron chi connectivity index (χ0n) is 19.8. The van der Waals surface area contributed by atoms with Gasteiger partial charge in [-0.25, -0.2) is 8.78 Å². The number of amides is 2. The highest BCUT2D eigenvalue weighted by Crippen LogP contribution is 2.38. The minimum Gasteiger partial charge on any atom is -0.390 e. The van der Waals surface area contributed by atoms with Crippen LogP contribution in [0.15, 0.2) is 48.8 Å². The van der Waals surface area contributed by atoms with Gasteiger partial charge in [-0.3, -0.25) is 19.8 Å². The first kappa shape index (κ1) is 23.5. The summed E-state index contributed by atoms with van der Waals surface area (Å²) in [7, 11) is 0. The van der Waals surface area contributed by atoms with Crippen LogP contribution < -0.4 is 5.32 Å². The average molecular weight is 507 g/mol. The number of aromatic nitrogens is 2. The molecule has 6 rings (SSSR count). The monoisotopic (exact) mass is 506 g/mol. The Morgan fingerprint density at radius 3 is 2.35 bits per heavy atom. The highest BCUT2D eigenvalue weighted by atomic mass is 19.1. The maximum absolute atomic E-state index is 14.4. The lowest BCUT2D eigenvalue weighted by atomic mass is 9.95. The normalized spacial score (nSPS) is 17.8.